The van der Waals surface area contributed by atoms with Gasteiger partial charge >= 0.3 is 5.97 Å². The molecular formula is C23H34N4O5S. The Bertz CT molecular complexity index is 884. The van der Waals surface area contributed by atoms with E-state index in [2.05, 4.69) is 5.32 Å². The molecule has 0 radical (unpaired) electrons. The van der Waals surface area contributed by atoms with Crippen molar-refractivity contribution in [2.24, 2.45) is 23.5 Å². The summed E-state index contributed by atoms with van der Waals surface area (Å²) >= 11 is 1.49. The summed E-state index contributed by atoms with van der Waals surface area (Å²) in [6.07, 6.45) is 2.57. The van der Waals surface area contributed by atoms with Crippen molar-refractivity contribution in [2.75, 3.05) is 19.6 Å². The third-order valence-corrected chi connectivity index (χ3v) is 9.06. The van der Waals surface area contributed by atoms with Gasteiger partial charge in [0.1, 0.15) is 11.5 Å². The number of Topliss-reactive ketones (excluding diaryl/α,β-unsaturated/α-hetero) is 1. The lowest BCUT2D eigenvalue weighted by molar-refractivity contribution is -0.160. The average Bonchev–Trinajstić information content (AvgIpc) is 3.30. The van der Waals surface area contributed by atoms with Gasteiger partial charge in [-0.1, -0.05) is 13.8 Å². The molecule has 4 rings (SSSR count). The minimum Gasteiger partial charge on any atom is -0.477 e. The molecule has 4 heterocycles. The Morgan fingerprint density at radius 2 is 1.94 bits per heavy atom. The second-order valence-corrected chi connectivity index (χ2v) is 11.4. The van der Waals surface area contributed by atoms with Crippen LogP contribution in [-0.4, -0.2) is 81.5 Å². The first-order valence-corrected chi connectivity index (χ1v) is 12.7. The van der Waals surface area contributed by atoms with Gasteiger partial charge in [0.05, 0.1) is 18.0 Å². The number of piperidine rings is 1. The number of hydrogen-bond acceptors (Lipinski definition) is 7. The lowest BCUT2D eigenvalue weighted by atomic mass is 9.73. The predicted molar refractivity (Wildman–Crippen MR) is 124 cm³/mol. The number of fused-ring (bicyclic) bond motifs is 1. The van der Waals surface area contributed by atoms with E-state index in [1.165, 1.54) is 23.6 Å². The van der Waals surface area contributed by atoms with E-state index in [1.807, 2.05) is 18.7 Å². The van der Waals surface area contributed by atoms with Crippen LogP contribution in [0.15, 0.2) is 10.6 Å². The van der Waals surface area contributed by atoms with Crippen molar-refractivity contribution >= 4 is 35.3 Å². The highest BCUT2D eigenvalue weighted by atomic mass is 32.2. The van der Waals surface area contributed by atoms with Crippen molar-refractivity contribution in [3.05, 3.63) is 10.6 Å². The Morgan fingerprint density at radius 3 is 2.55 bits per heavy atom. The van der Waals surface area contributed by atoms with Gasteiger partial charge in [0, 0.05) is 48.2 Å². The van der Waals surface area contributed by atoms with Gasteiger partial charge in [0.2, 0.25) is 11.8 Å². The first-order valence-electron chi connectivity index (χ1n) is 11.8. The van der Waals surface area contributed by atoms with E-state index in [4.69, 9.17) is 5.73 Å². The first kappa shape index (κ1) is 24.2. The number of carbonyl (C=O) groups is 4. The molecule has 0 aliphatic carbocycles. The van der Waals surface area contributed by atoms with Gasteiger partial charge in [-0.3, -0.25) is 9.59 Å². The van der Waals surface area contributed by atoms with Crippen LogP contribution in [-0.2, 0) is 19.2 Å². The zero-order chi connectivity index (χ0) is 24.0. The van der Waals surface area contributed by atoms with Crippen LogP contribution >= 0.6 is 11.8 Å². The summed E-state index contributed by atoms with van der Waals surface area (Å²) in [7, 11) is 0. The zero-order valence-corrected chi connectivity index (χ0v) is 20.3. The van der Waals surface area contributed by atoms with Gasteiger partial charge in [0.25, 0.3) is 0 Å². The molecule has 0 aromatic carbocycles. The predicted octanol–water partition coefficient (Wildman–Crippen LogP) is 0.788. The van der Waals surface area contributed by atoms with Crippen molar-refractivity contribution in [3.63, 3.8) is 0 Å². The molecule has 182 valence electrons. The van der Waals surface area contributed by atoms with Crippen LogP contribution in [0.1, 0.15) is 46.5 Å². The Morgan fingerprint density at radius 1 is 1.27 bits per heavy atom. The Hall–Kier alpha value is -1.91. The van der Waals surface area contributed by atoms with Crippen LogP contribution < -0.4 is 11.1 Å². The molecule has 10 heteroatoms. The number of hydrogen-bond donors (Lipinski definition) is 3. The van der Waals surface area contributed by atoms with Crippen LogP contribution in [0.25, 0.3) is 0 Å². The van der Waals surface area contributed by atoms with E-state index in [-0.39, 0.29) is 64.4 Å². The van der Waals surface area contributed by atoms with Gasteiger partial charge in [0.15, 0.2) is 0 Å². The monoisotopic (exact) mass is 478 g/mol. The lowest BCUT2D eigenvalue weighted by Crippen LogP contribution is -2.62. The minimum atomic E-state index is -1.10. The van der Waals surface area contributed by atoms with E-state index in [1.54, 1.807) is 0 Å². The number of amides is 2. The zero-order valence-electron chi connectivity index (χ0n) is 19.5. The van der Waals surface area contributed by atoms with Gasteiger partial charge in [-0.15, -0.1) is 11.8 Å². The van der Waals surface area contributed by atoms with Crippen LogP contribution in [0, 0.1) is 17.8 Å². The molecule has 0 aromatic heterocycles. The van der Waals surface area contributed by atoms with Crippen molar-refractivity contribution < 1.29 is 24.3 Å². The van der Waals surface area contributed by atoms with Crippen molar-refractivity contribution in [3.8, 4) is 0 Å². The van der Waals surface area contributed by atoms with Crippen LogP contribution in [0.5, 0.6) is 0 Å². The van der Waals surface area contributed by atoms with E-state index in [0.29, 0.717) is 37.4 Å². The normalized spacial score (nSPS) is 33.2. The lowest BCUT2D eigenvalue weighted by Gasteiger charge is -2.47. The summed E-state index contributed by atoms with van der Waals surface area (Å²) in [4.78, 5) is 53.5. The fraction of sp³-hybridized carbons (Fsp3) is 0.739. The van der Waals surface area contributed by atoms with E-state index in [0.717, 1.165) is 12.8 Å². The van der Waals surface area contributed by atoms with E-state index < -0.39 is 5.97 Å². The highest BCUT2D eigenvalue weighted by Gasteiger charge is 2.60. The number of aliphatic carboxylic acids is 1. The maximum absolute atomic E-state index is 12.9. The summed E-state index contributed by atoms with van der Waals surface area (Å²) in [6, 6.07) is -0.330. The highest BCUT2D eigenvalue weighted by Crippen LogP contribution is 2.53. The number of carboxylic acid groups (broad SMARTS) is 1. The van der Waals surface area contributed by atoms with Crippen molar-refractivity contribution in [1.29, 1.82) is 0 Å². The second-order valence-electron chi connectivity index (χ2n) is 10.0. The number of rotatable bonds is 7. The van der Waals surface area contributed by atoms with Gasteiger partial charge < -0.3 is 30.8 Å². The fourth-order valence-corrected chi connectivity index (χ4v) is 7.33. The van der Waals surface area contributed by atoms with E-state index in [9.17, 15) is 24.3 Å². The summed E-state index contributed by atoms with van der Waals surface area (Å²) in [6.45, 7) is 7.35. The number of nitrogens with two attached hydrogens (primary N) is 1. The molecule has 9 nitrogen and oxygen atoms in total. The molecule has 6 atom stereocenters. The summed E-state index contributed by atoms with van der Waals surface area (Å²) < 4.78 is 0. The summed E-state index contributed by atoms with van der Waals surface area (Å²) in [5, 5.41) is 13.3. The molecule has 0 bridgehead atoms. The number of likely N-dealkylation sites (tertiary alicyclic amines) is 1. The van der Waals surface area contributed by atoms with Gasteiger partial charge in [-0.05, 0) is 32.1 Å². The molecule has 2 amide bonds. The van der Waals surface area contributed by atoms with E-state index >= 15 is 0 Å². The average molecular weight is 479 g/mol. The maximum Gasteiger partial charge on any atom is 0.353 e. The van der Waals surface area contributed by atoms with Crippen molar-refractivity contribution in [2.45, 2.75) is 69.8 Å². The first-order chi connectivity index (χ1) is 15.6. The van der Waals surface area contributed by atoms with Gasteiger partial charge in [-0.2, -0.15) is 0 Å². The summed E-state index contributed by atoms with van der Waals surface area (Å²) in [5.74, 6) is -1.74. The molecule has 0 spiro atoms. The second kappa shape index (κ2) is 9.38. The molecule has 3 saturated heterocycles. The van der Waals surface area contributed by atoms with Crippen molar-refractivity contribution in [1.82, 2.24) is 15.1 Å². The number of thioether (sulfide) groups is 1. The third-order valence-electron chi connectivity index (χ3n) is 7.55. The molecule has 3 fully saturated rings. The number of carboxylic acids is 1. The molecule has 33 heavy (non-hydrogen) atoms. The largest absolute Gasteiger partial charge is 0.477 e. The highest BCUT2D eigenvalue weighted by molar-refractivity contribution is 8.03. The third kappa shape index (κ3) is 4.44. The maximum atomic E-state index is 12.9. The summed E-state index contributed by atoms with van der Waals surface area (Å²) in [5.41, 5.74) is 6.03. The minimum absolute atomic E-state index is 0.0313. The van der Waals surface area contributed by atoms with Crippen LogP contribution in [0.4, 0.5) is 0 Å². The molecule has 0 saturated carbocycles. The number of ketones is 1. The molecule has 0 aromatic rings. The Labute approximate surface area is 198 Å². The molecule has 4 aliphatic rings. The van der Waals surface area contributed by atoms with Crippen LogP contribution in [0.3, 0.4) is 0 Å². The fourth-order valence-electron chi connectivity index (χ4n) is 5.85. The smallest absolute Gasteiger partial charge is 0.353 e. The van der Waals surface area contributed by atoms with Gasteiger partial charge in [-0.25, -0.2) is 4.79 Å². The SMILES string of the molecule is CC(=O)C[C@H](C)[C@H]1C(=O)N2C(C(=O)O)=C(S[C@@H]3CN[C@H](C(=O)N4CCC(N)CC4)C3)[C@H](C)C12. The molecule has 4 aliphatic heterocycles. The number of nitrogens with one attached hydrogen (secondary N) is 1. The Balaban J connectivity index is 1.43. The molecule has 4 N–H and O–H groups in total. The number of β-lactam (4-membered cyclic amide) rings is 1. The topological polar surface area (TPSA) is 133 Å². The number of carbonyl (C=O) groups excluding carboxylic acids is 3. The molecule has 1 unspecified atom stereocenters. The number of nitrogens with zero attached hydrogens (tertiary/aromatic N) is 2. The molecular weight excluding hydrogens is 444 g/mol. The van der Waals surface area contributed by atoms with Crippen LogP contribution in [0.2, 0.25) is 0 Å². The Kier molecular flexibility index (Phi) is 6.89. The standard InChI is InChI=1S/C23H34N4O5S/c1-11(8-12(2)28)17-18-13(3)20(19(23(31)32)27(18)22(17)30)33-15-9-16(25-10-15)21(29)26-6-4-14(24)5-7-26/h11,13-18,25H,4-10,24H2,1-3H3,(H,31,32)/t11-,13+,15-,16-,17+,18?/m0/s1. The quantitative estimate of drug-likeness (QED) is 0.458.